The van der Waals surface area contributed by atoms with E-state index in [1.54, 1.807) is 18.2 Å². The van der Waals surface area contributed by atoms with E-state index in [-0.39, 0.29) is 17.2 Å². The molecule has 1 aromatic rings. The molecule has 0 aliphatic carbocycles. The molecule has 6 heteroatoms. The quantitative estimate of drug-likeness (QED) is 0.504. The van der Waals surface area contributed by atoms with Gasteiger partial charge in [0.15, 0.2) is 11.5 Å². The van der Waals surface area contributed by atoms with Crippen molar-refractivity contribution in [3.8, 4) is 0 Å². The van der Waals surface area contributed by atoms with Gasteiger partial charge in [0.2, 0.25) is 0 Å². The van der Waals surface area contributed by atoms with Crippen LogP contribution >= 0.6 is 27.5 Å². The van der Waals surface area contributed by atoms with Crippen molar-refractivity contribution in [2.24, 2.45) is 10.2 Å². The number of azo groups is 1. The van der Waals surface area contributed by atoms with Gasteiger partial charge in [-0.25, -0.2) is 0 Å². The molecular formula is C11H10BrClN2O2. The van der Waals surface area contributed by atoms with Gasteiger partial charge in [-0.2, -0.15) is 5.11 Å². The standard InChI is InChI=1S/C11H10BrClN2O2/c1-6(16)11(7(2)17)15-14-8-3-4-9(12)10(13)5-8/h3-5,16H,1-2H3/b11-6-,15-14?. The van der Waals surface area contributed by atoms with E-state index in [4.69, 9.17) is 11.6 Å². The number of Topliss-reactive ketones (excluding diaryl/α,β-unsaturated/α-hetero) is 1. The van der Waals surface area contributed by atoms with E-state index in [0.717, 1.165) is 4.47 Å². The largest absolute Gasteiger partial charge is 0.510 e. The Morgan fingerprint density at radius 2 is 2.06 bits per heavy atom. The number of carbonyl (C=O) groups excluding carboxylic acids is 1. The van der Waals surface area contributed by atoms with Gasteiger partial charge in [0.05, 0.1) is 10.7 Å². The number of ketones is 1. The Morgan fingerprint density at radius 1 is 1.41 bits per heavy atom. The van der Waals surface area contributed by atoms with Gasteiger partial charge in [0, 0.05) is 11.4 Å². The summed E-state index contributed by atoms with van der Waals surface area (Å²) in [4.78, 5) is 11.1. The van der Waals surface area contributed by atoms with Gasteiger partial charge in [-0.05, 0) is 41.1 Å². The minimum Gasteiger partial charge on any atom is -0.510 e. The third-order valence-corrected chi connectivity index (χ3v) is 3.08. The summed E-state index contributed by atoms with van der Waals surface area (Å²) in [5.41, 5.74) is 0.433. The van der Waals surface area contributed by atoms with E-state index in [9.17, 15) is 9.90 Å². The molecule has 1 rings (SSSR count). The SMILES string of the molecule is CC(=O)/C(N=Nc1ccc(Br)c(Cl)c1)=C(\C)O. The molecule has 17 heavy (non-hydrogen) atoms. The number of aliphatic hydroxyl groups is 1. The number of allylic oxidation sites excluding steroid dienone is 2. The maximum Gasteiger partial charge on any atom is 0.183 e. The highest BCUT2D eigenvalue weighted by Crippen LogP contribution is 2.27. The van der Waals surface area contributed by atoms with Crippen molar-refractivity contribution >= 4 is 39.0 Å². The first-order valence-electron chi connectivity index (χ1n) is 4.69. The summed E-state index contributed by atoms with van der Waals surface area (Å²) in [6.07, 6.45) is 0. The lowest BCUT2D eigenvalue weighted by atomic mass is 10.3. The maximum atomic E-state index is 11.1. The molecule has 0 aromatic heterocycles. The average molecular weight is 318 g/mol. The first-order chi connectivity index (χ1) is 7.91. The van der Waals surface area contributed by atoms with Crippen LogP contribution in [-0.2, 0) is 4.79 Å². The zero-order valence-electron chi connectivity index (χ0n) is 9.24. The molecule has 0 heterocycles. The Labute approximate surface area is 112 Å². The van der Waals surface area contributed by atoms with Gasteiger partial charge in [-0.15, -0.1) is 5.11 Å². The molecule has 0 unspecified atom stereocenters. The molecule has 0 spiro atoms. The van der Waals surface area contributed by atoms with Crippen molar-refractivity contribution in [2.45, 2.75) is 13.8 Å². The lowest BCUT2D eigenvalue weighted by molar-refractivity contribution is -0.113. The van der Waals surface area contributed by atoms with Crippen LogP contribution in [0.3, 0.4) is 0 Å². The van der Waals surface area contributed by atoms with Crippen LogP contribution in [0.15, 0.2) is 44.4 Å². The van der Waals surface area contributed by atoms with Crippen LogP contribution < -0.4 is 0 Å². The molecule has 1 aromatic carbocycles. The molecule has 0 atom stereocenters. The van der Waals surface area contributed by atoms with Gasteiger partial charge in [0.1, 0.15) is 5.76 Å². The van der Waals surface area contributed by atoms with E-state index < -0.39 is 0 Å². The summed E-state index contributed by atoms with van der Waals surface area (Å²) in [5.74, 6) is -0.513. The summed E-state index contributed by atoms with van der Waals surface area (Å²) in [5, 5.41) is 17.3. The summed E-state index contributed by atoms with van der Waals surface area (Å²) < 4.78 is 0.749. The first kappa shape index (κ1) is 13.9. The molecule has 0 saturated heterocycles. The summed E-state index contributed by atoms with van der Waals surface area (Å²) in [6.45, 7) is 2.69. The van der Waals surface area contributed by atoms with Crippen molar-refractivity contribution < 1.29 is 9.90 Å². The minimum atomic E-state index is -0.350. The van der Waals surface area contributed by atoms with Gasteiger partial charge in [-0.1, -0.05) is 11.6 Å². The molecule has 0 radical (unpaired) electrons. The van der Waals surface area contributed by atoms with Crippen LogP contribution in [0, 0.1) is 0 Å². The lowest BCUT2D eigenvalue weighted by Crippen LogP contribution is -1.96. The number of hydrogen-bond donors (Lipinski definition) is 1. The van der Waals surface area contributed by atoms with Crippen molar-refractivity contribution in [1.29, 1.82) is 0 Å². The van der Waals surface area contributed by atoms with Crippen LogP contribution in [0.2, 0.25) is 5.02 Å². The predicted octanol–water partition coefficient (Wildman–Crippen LogP) is 4.56. The Bertz CT molecular complexity index is 508. The van der Waals surface area contributed by atoms with Crippen LogP contribution in [0.4, 0.5) is 5.69 Å². The molecule has 4 nitrogen and oxygen atoms in total. The summed E-state index contributed by atoms with van der Waals surface area (Å²) >= 11 is 9.13. The monoisotopic (exact) mass is 316 g/mol. The van der Waals surface area contributed by atoms with Crippen molar-refractivity contribution in [3.05, 3.63) is 39.2 Å². The number of nitrogens with zero attached hydrogens (tertiary/aromatic N) is 2. The fourth-order valence-corrected chi connectivity index (χ4v) is 1.47. The molecular weight excluding hydrogens is 307 g/mol. The molecule has 0 aliphatic rings. The fourth-order valence-electron chi connectivity index (χ4n) is 1.05. The molecule has 0 aliphatic heterocycles. The van der Waals surface area contributed by atoms with Crippen LogP contribution in [0.25, 0.3) is 0 Å². The third kappa shape index (κ3) is 3.94. The number of rotatable bonds is 3. The number of halogens is 2. The second kappa shape index (κ2) is 5.93. The highest BCUT2D eigenvalue weighted by atomic mass is 79.9. The normalized spacial score (nSPS) is 12.7. The van der Waals surface area contributed by atoms with Crippen LogP contribution in [0.1, 0.15) is 13.8 Å². The topological polar surface area (TPSA) is 62.0 Å². The Hall–Kier alpha value is -1.20. The predicted molar refractivity (Wildman–Crippen MR) is 69.7 cm³/mol. The van der Waals surface area contributed by atoms with E-state index in [1.165, 1.54) is 13.8 Å². The van der Waals surface area contributed by atoms with Crippen molar-refractivity contribution in [3.63, 3.8) is 0 Å². The number of benzene rings is 1. The first-order valence-corrected chi connectivity index (χ1v) is 5.86. The van der Waals surface area contributed by atoms with E-state index >= 15 is 0 Å². The smallest absolute Gasteiger partial charge is 0.183 e. The van der Waals surface area contributed by atoms with E-state index in [1.807, 2.05) is 0 Å². The molecule has 1 N–H and O–H groups in total. The van der Waals surface area contributed by atoms with Gasteiger partial charge in [0.25, 0.3) is 0 Å². The highest BCUT2D eigenvalue weighted by molar-refractivity contribution is 9.10. The number of aliphatic hydroxyl groups excluding tert-OH is 1. The minimum absolute atomic E-state index is 0.0657. The van der Waals surface area contributed by atoms with Gasteiger partial charge < -0.3 is 5.11 Å². The van der Waals surface area contributed by atoms with E-state index in [0.29, 0.717) is 10.7 Å². The van der Waals surface area contributed by atoms with Gasteiger partial charge in [-0.3, -0.25) is 4.79 Å². The summed E-state index contributed by atoms with van der Waals surface area (Å²) in [6, 6.07) is 5.00. The lowest BCUT2D eigenvalue weighted by Gasteiger charge is -1.98. The van der Waals surface area contributed by atoms with E-state index in [2.05, 4.69) is 26.2 Å². The Kier molecular flexibility index (Phi) is 4.84. The Balaban J connectivity index is 3.01. The molecule has 90 valence electrons. The second-order valence-electron chi connectivity index (χ2n) is 3.29. The molecule has 0 amide bonds. The average Bonchev–Trinajstić information content (AvgIpc) is 2.22. The van der Waals surface area contributed by atoms with Crippen molar-refractivity contribution in [1.82, 2.24) is 0 Å². The number of hydrogen-bond acceptors (Lipinski definition) is 4. The van der Waals surface area contributed by atoms with Crippen LogP contribution in [-0.4, -0.2) is 10.9 Å². The summed E-state index contributed by atoms with van der Waals surface area (Å²) in [7, 11) is 0. The number of carbonyl (C=O) groups is 1. The van der Waals surface area contributed by atoms with Gasteiger partial charge >= 0.3 is 0 Å². The highest BCUT2D eigenvalue weighted by Gasteiger charge is 2.06. The molecule has 0 fully saturated rings. The third-order valence-electron chi connectivity index (χ3n) is 1.84. The maximum absolute atomic E-state index is 11.1. The zero-order valence-corrected chi connectivity index (χ0v) is 11.6. The zero-order chi connectivity index (χ0) is 13.0. The molecule has 0 bridgehead atoms. The Morgan fingerprint density at radius 3 is 2.53 bits per heavy atom. The molecule has 0 saturated carbocycles. The van der Waals surface area contributed by atoms with Crippen LogP contribution in [0.5, 0.6) is 0 Å². The second-order valence-corrected chi connectivity index (χ2v) is 4.55. The fraction of sp³-hybridized carbons (Fsp3) is 0.182. The van der Waals surface area contributed by atoms with Crippen molar-refractivity contribution in [2.75, 3.05) is 0 Å².